The van der Waals surface area contributed by atoms with E-state index < -0.39 is 5.91 Å². The van der Waals surface area contributed by atoms with Crippen LogP contribution in [0.2, 0.25) is 5.02 Å². The second-order valence-corrected chi connectivity index (χ2v) is 5.89. The fourth-order valence-electron chi connectivity index (χ4n) is 2.41. The number of amides is 2. The number of rotatable bonds is 4. The number of aromatic amines is 1. The molecule has 0 bridgehead atoms. The summed E-state index contributed by atoms with van der Waals surface area (Å²) in [7, 11) is 1.53. The zero-order valence-electron chi connectivity index (χ0n) is 12.9. The minimum Gasteiger partial charge on any atom is -0.368 e. The van der Waals surface area contributed by atoms with Gasteiger partial charge in [0.05, 0.1) is 17.6 Å². The minimum atomic E-state index is -0.557. The maximum Gasteiger partial charge on any atom is 0.254 e. The van der Waals surface area contributed by atoms with Gasteiger partial charge < -0.3 is 15.6 Å². The highest BCUT2D eigenvalue weighted by molar-refractivity contribution is 6.30. The topological polar surface area (TPSA) is 92.1 Å². The fraction of sp³-hybridized carbons (Fsp3) is 0.118. The molecule has 0 saturated heterocycles. The van der Waals surface area contributed by atoms with Crippen LogP contribution in [0.15, 0.2) is 42.5 Å². The highest BCUT2D eigenvalue weighted by atomic mass is 35.5. The van der Waals surface area contributed by atoms with Crippen molar-refractivity contribution in [3.8, 4) is 11.4 Å². The number of halogens is 1. The molecule has 0 saturated carbocycles. The van der Waals surface area contributed by atoms with Crippen molar-refractivity contribution < 1.29 is 9.59 Å². The van der Waals surface area contributed by atoms with E-state index in [1.54, 1.807) is 30.3 Å². The van der Waals surface area contributed by atoms with Crippen LogP contribution in [0.3, 0.4) is 0 Å². The molecular formula is C17H15ClN4O2. The quantitative estimate of drug-likeness (QED) is 0.762. The van der Waals surface area contributed by atoms with Crippen LogP contribution in [0.1, 0.15) is 10.4 Å². The van der Waals surface area contributed by atoms with E-state index in [4.69, 9.17) is 17.3 Å². The summed E-state index contributed by atoms with van der Waals surface area (Å²) in [4.78, 5) is 32.2. The molecule has 1 heterocycles. The first-order valence-corrected chi connectivity index (χ1v) is 7.61. The van der Waals surface area contributed by atoms with E-state index in [0.717, 1.165) is 16.6 Å². The maximum absolute atomic E-state index is 12.3. The number of nitrogens with one attached hydrogen (secondary N) is 1. The Labute approximate surface area is 143 Å². The molecule has 0 radical (unpaired) electrons. The Morgan fingerprint density at radius 1 is 1.21 bits per heavy atom. The normalized spacial score (nSPS) is 10.8. The Morgan fingerprint density at radius 3 is 2.58 bits per heavy atom. The number of nitrogens with two attached hydrogens (primary N) is 1. The lowest BCUT2D eigenvalue weighted by molar-refractivity contribution is -0.118. The second-order valence-electron chi connectivity index (χ2n) is 5.45. The number of hydrogen-bond acceptors (Lipinski definition) is 3. The number of likely N-dealkylation sites (N-methyl/N-ethyl adjacent to an activating group) is 1. The van der Waals surface area contributed by atoms with Gasteiger partial charge in [0.15, 0.2) is 0 Å². The molecule has 3 N–H and O–H groups in total. The van der Waals surface area contributed by atoms with Crippen molar-refractivity contribution in [1.29, 1.82) is 0 Å². The van der Waals surface area contributed by atoms with Crippen LogP contribution in [0.5, 0.6) is 0 Å². The van der Waals surface area contributed by atoms with Crippen LogP contribution >= 0.6 is 11.6 Å². The number of benzene rings is 2. The largest absolute Gasteiger partial charge is 0.368 e. The Balaban J connectivity index is 1.93. The molecule has 0 aliphatic rings. The van der Waals surface area contributed by atoms with Crippen molar-refractivity contribution in [2.75, 3.05) is 13.6 Å². The van der Waals surface area contributed by atoms with Crippen molar-refractivity contribution in [1.82, 2.24) is 14.9 Å². The molecular weight excluding hydrogens is 328 g/mol. The lowest BCUT2D eigenvalue weighted by Crippen LogP contribution is -2.35. The van der Waals surface area contributed by atoms with Crippen LogP contribution in [-0.2, 0) is 4.79 Å². The Hall–Kier alpha value is -2.86. The van der Waals surface area contributed by atoms with E-state index in [0.29, 0.717) is 16.4 Å². The van der Waals surface area contributed by atoms with Gasteiger partial charge in [-0.05, 0) is 42.5 Å². The zero-order chi connectivity index (χ0) is 17.3. The van der Waals surface area contributed by atoms with Gasteiger partial charge in [0.2, 0.25) is 5.91 Å². The van der Waals surface area contributed by atoms with Gasteiger partial charge in [0.25, 0.3) is 5.91 Å². The van der Waals surface area contributed by atoms with Crippen molar-refractivity contribution >= 4 is 34.4 Å². The predicted molar refractivity (Wildman–Crippen MR) is 92.7 cm³/mol. The lowest BCUT2D eigenvalue weighted by atomic mass is 10.2. The monoisotopic (exact) mass is 342 g/mol. The molecule has 3 rings (SSSR count). The molecule has 3 aromatic rings. The first kappa shape index (κ1) is 16.0. The zero-order valence-corrected chi connectivity index (χ0v) is 13.7. The molecule has 0 aliphatic carbocycles. The van der Waals surface area contributed by atoms with E-state index in [1.807, 2.05) is 12.1 Å². The van der Waals surface area contributed by atoms with Crippen LogP contribution in [0, 0.1) is 0 Å². The minimum absolute atomic E-state index is 0.129. The molecule has 2 amide bonds. The van der Waals surface area contributed by atoms with Crippen molar-refractivity contribution in [3.63, 3.8) is 0 Å². The summed E-state index contributed by atoms with van der Waals surface area (Å²) in [5, 5.41) is 0.653. The number of carbonyl (C=O) groups is 2. The summed E-state index contributed by atoms with van der Waals surface area (Å²) >= 11 is 5.89. The number of hydrogen-bond donors (Lipinski definition) is 2. The number of primary amides is 1. The van der Waals surface area contributed by atoms with Gasteiger partial charge in [0, 0.05) is 23.2 Å². The lowest BCUT2D eigenvalue weighted by Gasteiger charge is -2.14. The van der Waals surface area contributed by atoms with Crippen LogP contribution < -0.4 is 5.73 Å². The molecule has 0 atom stereocenters. The average molecular weight is 343 g/mol. The second kappa shape index (κ2) is 6.33. The Morgan fingerprint density at radius 2 is 1.92 bits per heavy atom. The standard InChI is InChI=1S/C17H15ClN4O2/c1-22(9-15(19)23)17(24)11-4-7-13-14(8-11)21-16(20-13)10-2-5-12(18)6-3-10/h2-8H,9H2,1H3,(H2,19,23)(H,20,21). The van der Waals surface area contributed by atoms with E-state index in [2.05, 4.69) is 9.97 Å². The smallest absolute Gasteiger partial charge is 0.254 e. The van der Waals surface area contributed by atoms with Gasteiger partial charge in [-0.1, -0.05) is 11.6 Å². The number of aromatic nitrogens is 2. The van der Waals surface area contributed by atoms with Crippen molar-refractivity contribution in [2.45, 2.75) is 0 Å². The summed E-state index contributed by atoms with van der Waals surface area (Å²) < 4.78 is 0. The highest BCUT2D eigenvalue weighted by Crippen LogP contribution is 2.23. The molecule has 1 aromatic heterocycles. The molecule has 0 fully saturated rings. The third-order valence-corrected chi connectivity index (χ3v) is 3.84. The summed E-state index contributed by atoms with van der Waals surface area (Å²) in [6, 6.07) is 12.5. The van der Waals surface area contributed by atoms with Gasteiger partial charge in [-0.2, -0.15) is 0 Å². The predicted octanol–water partition coefficient (Wildman–Crippen LogP) is 2.44. The molecule has 7 heteroatoms. The Bertz CT molecular complexity index is 918. The van der Waals surface area contributed by atoms with E-state index in [1.165, 1.54) is 11.9 Å². The van der Waals surface area contributed by atoms with E-state index >= 15 is 0 Å². The molecule has 0 unspecified atom stereocenters. The number of fused-ring (bicyclic) bond motifs is 1. The van der Waals surface area contributed by atoms with Gasteiger partial charge >= 0.3 is 0 Å². The van der Waals surface area contributed by atoms with Crippen molar-refractivity contribution in [3.05, 3.63) is 53.1 Å². The van der Waals surface area contributed by atoms with Gasteiger partial charge in [-0.3, -0.25) is 9.59 Å². The molecule has 24 heavy (non-hydrogen) atoms. The summed E-state index contributed by atoms with van der Waals surface area (Å²) in [5.41, 5.74) is 7.95. The number of imidazole rings is 1. The number of H-pyrrole nitrogens is 1. The van der Waals surface area contributed by atoms with E-state index in [9.17, 15) is 9.59 Å². The third-order valence-electron chi connectivity index (χ3n) is 3.59. The first-order chi connectivity index (χ1) is 11.4. The molecule has 6 nitrogen and oxygen atoms in total. The van der Waals surface area contributed by atoms with Crippen LogP contribution in [0.4, 0.5) is 0 Å². The maximum atomic E-state index is 12.3. The highest BCUT2D eigenvalue weighted by Gasteiger charge is 2.15. The van der Waals surface area contributed by atoms with Gasteiger partial charge in [-0.15, -0.1) is 0 Å². The molecule has 0 spiro atoms. The third kappa shape index (κ3) is 3.23. The fourth-order valence-corrected chi connectivity index (χ4v) is 2.54. The van der Waals surface area contributed by atoms with Crippen LogP contribution in [0.25, 0.3) is 22.4 Å². The molecule has 2 aromatic carbocycles. The Kier molecular flexibility index (Phi) is 4.22. The summed E-state index contributed by atoms with van der Waals surface area (Å²) in [6.07, 6.45) is 0. The number of carbonyl (C=O) groups excluding carboxylic acids is 2. The summed E-state index contributed by atoms with van der Waals surface area (Å²) in [6.45, 7) is -0.129. The molecule has 0 aliphatic heterocycles. The van der Waals surface area contributed by atoms with E-state index in [-0.39, 0.29) is 12.5 Å². The van der Waals surface area contributed by atoms with Gasteiger partial charge in [-0.25, -0.2) is 4.98 Å². The summed E-state index contributed by atoms with van der Waals surface area (Å²) in [5.74, 6) is -0.145. The SMILES string of the molecule is CN(CC(N)=O)C(=O)c1ccc2nc(-c3ccc(Cl)cc3)[nH]c2c1. The number of nitrogens with zero attached hydrogens (tertiary/aromatic N) is 2. The first-order valence-electron chi connectivity index (χ1n) is 7.23. The molecule has 122 valence electrons. The van der Waals surface area contributed by atoms with Gasteiger partial charge in [0.1, 0.15) is 5.82 Å². The van der Waals surface area contributed by atoms with Crippen LogP contribution in [-0.4, -0.2) is 40.3 Å². The van der Waals surface area contributed by atoms with Crippen molar-refractivity contribution in [2.24, 2.45) is 5.73 Å². The average Bonchev–Trinajstić information content (AvgIpc) is 2.97.